The van der Waals surface area contributed by atoms with Crippen molar-refractivity contribution in [2.45, 2.75) is 13.5 Å². The van der Waals surface area contributed by atoms with Crippen molar-refractivity contribution < 1.29 is 9.53 Å². The number of carbonyl (C=O) groups is 1. The van der Waals surface area contributed by atoms with E-state index in [0.717, 1.165) is 27.4 Å². The van der Waals surface area contributed by atoms with E-state index in [2.05, 4.69) is 26.9 Å². The van der Waals surface area contributed by atoms with Gasteiger partial charge < -0.3 is 9.64 Å². The molecule has 4 heteroatoms. The Morgan fingerprint density at radius 3 is 2.63 bits per heavy atom. The molecule has 0 spiro atoms. The molecule has 0 saturated carbocycles. The monoisotopic (exact) mass is 321 g/mol. The largest absolute Gasteiger partial charge is 0.426 e. The summed E-state index contributed by atoms with van der Waals surface area (Å²) in [6.45, 7) is 2.15. The van der Waals surface area contributed by atoms with Crippen molar-refractivity contribution in [3.05, 3.63) is 40.4 Å². The number of fused-ring (bicyclic) bond motifs is 1. The lowest BCUT2D eigenvalue weighted by atomic mass is 10.0. The SMILES string of the molecule is CC(=O)Oc1ccc2cc(Br)ccc2c1CN(C)C. The number of ether oxygens (including phenoxy) is 1. The zero-order valence-electron chi connectivity index (χ0n) is 11.2. The number of hydrogen-bond acceptors (Lipinski definition) is 3. The Balaban J connectivity index is 2.61. The van der Waals surface area contributed by atoms with Crippen molar-refractivity contribution in [3.8, 4) is 5.75 Å². The summed E-state index contributed by atoms with van der Waals surface area (Å²) in [7, 11) is 3.99. The zero-order valence-corrected chi connectivity index (χ0v) is 12.8. The smallest absolute Gasteiger partial charge is 0.308 e. The maximum Gasteiger partial charge on any atom is 0.308 e. The van der Waals surface area contributed by atoms with Crippen molar-refractivity contribution in [2.24, 2.45) is 0 Å². The zero-order chi connectivity index (χ0) is 14.0. The van der Waals surface area contributed by atoms with Crippen molar-refractivity contribution in [3.63, 3.8) is 0 Å². The molecule has 0 aliphatic heterocycles. The summed E-state index contributed by atoms with van der Waals surface area (Å²) in [5.74, 6) is 0.340. The van der Waals surface area contributed by atoms with Crippen LogP contribution in [0.4, 0.5) is 0 Å². The van der Waals surface area contributed by atoms with Gasteiger partial charge in [0.15, 0.2) is 0 Å². The minimum absolute atomic E-state index is 0.295. The third kappa shape index (κ3) is 3.33. The topological polar surface area (TPSA) is 29.5 Å². The Morgan fingerprint density at radius 2 is 2.00 bits per heavy atom. The van der Waals surface area contributed by atoms with Gasteiger partial charge in [-0.25, -0.2) is 0 Å². The van der Waals surface area contributed by atoms with Gasteiger partial charge in [-0.15, -0.1) is 0 Å². The van der Waals surface area contributed by atoms with Gasteiger partial charge in [-0.05, 0) is 43.1 Å². The van der Waals surface area contributed by atoms with E-state index >= 15 is 0 Å². The van der Waals surface area contributed by atoms with Crippen LogP contribution in [0.15, 0.2) is 34.8 Å². The van der Waals surface area contributed by atoms with Crippen molar-refractivity contribution >= 4 is 32.7 Å². The molecule has 0 fully saturated rings. The number of rotatable bonds is 3. The van der Waals surface area contributed by atoms with Crippen LogP contribution < -0.4 is 4.74 Å². The molecule has 2 rings (SSSR count). The van der Waals surface area contributed by atoms with Gasteiger partial charge >= 0.3 is 5.97 Å². The van der Waals surface area contributed by atoms with E-state index in [1.165, 1.54) is 6.92 Å². The molecule has 100 valence electrons. The van der Waals surface area contributed by atoms with Crippen LogP contribution in [-0.2, 0) is 11.3 Å². The Labute approximate surface area is 121 Å². The summed E-state index contributed by atoms with van der Waals surface area (Å²) < 4.78 is 6.35. The van der Waals surface area contributed by atoms with Crippen LogP contribution in [0.25, 0.3) is 10.8 Å². The molecule has 0 amide bonds. The van der Waals surface area contributed by atoms with E-state index < -0.39 is 0 Å². The summed E-state index contributed by atoms with van der Waals surface area (Å²) in [5, 5.41) is 2.23. The molecule has 0 N–H and O–H groups in total. The van der Waals surface area contributed by atoms with Crippen molar-refractivity contribution in [2.75, 3.05) is 14.1 Å². The van der Waals surface area contributed by atoms with Gasteiger partial charge in [0.1, 0.15) is 5.75 Å². The number of esters is 1. The van der Waals surface area contributed by atoms with Crippen LogP contribution in [-0.4, -0.2) is 25.0 Å². The maximum atomic E-state index is 11.2. The van der Waals surface area contributed by atoms with Gasteiger partial charge in [-0.1, -0.05) is 28.1 Å². The van der Waals surface area contributed by atoms with Gasteiger partial charge in [-0.2, -0.15) is 0 Å². The van der Waals surface area contributed by atoms with Gasteiger partial charge in [0, 0.05) is 23.5 Å². The Morgan fingerprint density at radius 1 is 1.26 bits per heavy atom. The van der Waals surface area contributed by atoms with E-state index in [1.807, 2.05) is 38.4 Å². The molecule has 0 unspecified atom stereocenters. The number of nitrogens with zero attached hydrogens (tertiary/aromatic N) is 1. The number of halogens is 1. The molecule has 2 aromatic carbocycles. The predicted molar refractivity (Wildman–Crippen MR) is 80.3 cm³/mol. The summed E-state index contributed by atoms with van der Waals surface area (Å²) in [5.41, 5.74) is 1.03. The van der Waals surface area contributed by atoms with E-state index in [0.29, 0.717) is 5.75 Å². The fourth-order valence-corrected chi connectivity index (χ4v) is 2.45. The fourth-order valence-electron chi connectivity index (χ4n) is 2.07. The van der Waals surface area contributed by atoms with Gasteiger partial charge in [-0.3, -0.25) is 4.79 Å². The van der Waals surface area contributed by atoms with Gasteiger partial charge in [0.05, 0.1) is 0 Å². The normalized spacial score (nSPS) is 11.0. The van der Waals surface area contributed by atoms with E-state index in [-0.39, 0.29) is 5.97 Å². The molecule has 0 aliphatic carbocycles. The molecule has 0 heterocycles. The molecule has 0 radical (unpaired) electrons. The molecule has 0 aliphatic rings. The molecule has 0 bridgehead atoms. The average Bonchev–Trinajstić information content (AvgIpc) is 2.31. The molecule has 19 heavy (non-hydrogen) atoms. The molecule has 0 aromatic heterocycles. The summed E-state index contributed by atoms with van der Waals surface area (Å²) >= 11 is 3.47. The predicted octanol–water partition coefficient (Wildman–Crippen LogP) is 3.59. The standard InChI is InChI=1S/C15H16BrNO2/c1-10(18)19-15-7-4-11-8-12(16)5-6-13(11)14(15)9-17(2)3/h4-8H,9H2,1-3H3. The summed E-state index contributed by atoms with van der Waals surface area (Å²) in [6.07, 6.45) is 0. The first-order valence-corrected chi connectivity index (χ1v) is 6.81. The highest BCUT2D eigenvalue weighted by atomic mass is 79.9. The minimum atomic E-state index is -0.295. The summed E-state index contributed by atoms with van der Waals surface area (Å²) in [6, 6.07) is 9.93. The lowest BCUT2D eigenvalue weighted by molar-refractivity contribution is -0.131. The second kappa shape index (κ2) is 5.72. The van der Waals surface area contributed by atoms with Crippen LogP contribution in [0.1, 0.15) is 12.5 Å². The summed E-state index contributed by atoms with van der Waals surface area (Å²) in [4.78, 5) is 13.3. The minimum Gasteiger partial charge on any atom is -0.426 e. The van der Waals surface area contributed by atoms with Crippen molar-refractivity contribution in [1.29, 1.82) is 0 Å². The van der Waals surface area contributed by atoms with Crippen LogP contribution in [0, 0.1) is 0 Å². The molecule has 0 atom stereocenters. The lowest BCUT2D eigenvalue weighted by Gasteiger charge is -2.16. The van der Waals surface area contributed by atoms with Crippen LogP contribution in [0.2, 0.25) is 0 Å². The second-order valence-electron chi connectivity index (χ2n) is 4.74. The van der Waals surface area contributed by atoms with E-state index in [4.69, 9.17) is 4.74 Å². The average molecular weight is 322 g/mol. The number of hydrogen-bond donors (Lipinski definition) is 0. The maximum absolute atomic E-state index is 11.2. The fraction of sp³-hybridized carbons (Fsp3) is 0.267. The molecular weight excluding hydrogens is 306 g/mol. The quantitative estimate of drug-likeness (QED) is 0.639. The molecular formula is C15H16BrNO2. The first-order valence-electron chi connectivity index (χ1n) is 6.01. The third-order valence-electron chi connectivity index (χ3n) is 2.78. The Hall–Kier alpha value is -1.39. The third-order valence-corrected chi connectivity index (χ3v) is 3.27. The molecule has 3 nitrogen and oxygen atoms in total. The lowest BCUT2D eigenvalue weighted by Crippen LogP contribution is -2.13. The molecule has 2 aromatic rings. The van der Waals surface area contributed by atoms with Gasteiger partial charge in [0.25, 0.3) is 0 Å². The Bertz CT molecular complexity index is 623. The number of benzene rings is 2. The van der Waals surface area contributed by atoms with Crippen LogP contribution in [0.5, 0.6) is 5.75 Å². The van der Waals surface area contributed by atoms with Crippen LogP contribution in [0.3, 0.4) is 0 Å². The van der Waals surface area contributed by atoms with E-state index in [9.17, 15) is 4.79 Å². The highest BCUT2D eigenvalue weighted by Crippen LogP contribution is 2.31. The first kappa shape index (κ1) is 14.0. The second-order valence-corrected chi connectivity index (χ2v) is 5.65. The highest BCUT2D eigenvalue weighted by Gasteiger charge is 2.11. The van der Waals surface area contributed by atoms with E-state index in [1.54, 1.807) is 0 Å². The first-order chi connectivity index (χ1) is 8.97. The van der Waals surface area contributed by atoms with Gasteiger partial charge in [0.2, 0.25) is 0 Å². The highest BCUT2D eigenvalue weighted by molar-refractivity contribution is 9.10. The van der Waals surface area contributed by atoms with Crippen molar-refractivity contribution in [1.82, 2.24) is 4.90 Å². The number of carbonyl (C=O) groups excluding carboxylic acids is 1. The Kier molecular flexibility index (Phi) is 4.22. The van der Waals surface area contributed by atoms with Crippen LogP contribution >= 0.6 is 15.9 Å². The molecule has 0 saturated heterocycles.